The third-order valence-corrected chi connectivity index (χ3v) is 4.83. The number of halogens is 1. The first-order chi connectivity index (χ1) is 7.92. The Bertz CT molecular complexity index is 508. The van der Waals surface area contributed by atoms with Crippen LogP contribution in [-0.2, 0) is 9.84 Å². The molecule has 1 rings (SSSR count). The quantitative estimate of drug-likeness (QED) is 0.761. The van der Waals surface area contributed by atoms with Gasteiger partial charge in [0, 0.05) is 11.3 Å². The maximum absolute atomic E-state index is 13.0. The summed E-state index contributed by atoms with van der Waals surface area (Å²) in [6, 6.07) is 5.11. The zero-order chi connectivity index (χ0) is 13.1. The molecule has 1 aromatic carbocycles. The van der Waals surface area contributed by atoms with Crippen molar-refractivity contribution >= 4 is 15.6 Å². The van der Waals surface area contributed by atoms with Crippen molar-refractivity contribution in [2.75, 3.05) is 5.75 Å². The summed E-state index contributed by atoms with van der Waals surface area (Å²) in [7, 11) is -3.44. The second-order valence-electron chi connectivity index (χ2n) is 3.72. The van der Waals surface area contributed by atoms with Gasteiger partial charge in [-0.3, -0.25) is 4.79 Å². The molecule has 0 aliphatic heterocycles. The molecule has 1 atom stereocenters. The Labute approximate surface area is 101 Å². The Morgan fingerprint density at radius 3 is 2.47 bits per heavy atom. The highest BCUT2D eigenvalue weighted by atomic mass is 32.2. The van der Waals surface area contributed by atoms with E-state index in [2.05, 4.69) is 0 Å². The minimum absolute atomic E-state index is 0.0907. The number of benzene rings is 1. The highest BCUT2D eigenvalue weighted by molar-refractivity contribution is 7.92. The molecule has 5 heteroatoms. The molecule has 0 aromatic heterocycles. The van der Waals surface area contributed by atoms with Gasteiger partial charge in [-0.25, -0.2) is 12.8 Å². The highest BCUT2D eigenvalue weighted by Crippen LogP contribution is 2.15. The van der Waals surface area contributed by atoms with Crippen molar-refractivity contribution in [3.8, 4) is 0 Å². The molecule has 0 aliphatic carbocycles. The van der Waals surface area contributed by atoms with E-state index in [4.69, 9.17) is 0 Å². The van der Waals surface area contributed by atoms with Crippen LogP contribution in [0.4, 0.5) is 4.39 Å². The third kappa shape index (κ3) is 3.12. The van der Waals surface area contributed by atoms with Crippen LogP contribution in [0, 0.1) is 5.82 Å². The van der Waals surface area contributed by atoms with Crippen LogP contribution in [0.2, 0.25) is 0 Å². The summed E-state index contributed by atoms with van der Waals surface area (Å²) in [4.78, 5) is 12.0. The molecule has 3 nitrogen and oxygen atoms in total. The molecule has 0 amide bonds. The molecule has 0 saturated carbocycles. The van der Waals surface area contributed by atoms with Crippen LogP contribution in [0.5, 0.6) is 0 Å². The molecule has 0 radical (unpaired) electrons. The van der Waals surface area contributed by atoms with E-state index >= 15 is 0 Å². The van der Waals surface area contributed by atoms with Crippen LogP contribution >= 0.6 is 0 Å². The predicted octanol–water partition coefficient (Wildman–Crippen LogP) is 2.22. The minimum atomic E-state index is -3.44. The Hall–Kier alpha value is -1.23. The summed E-state index contributed by atoms with van der Waals surface area (Å²) in [5.41, 5.74) is 0.105. The van der Waals surface area contributed by atoms with Gasteiger partial charge in [-0.1, -0.05) is 26.0 Å². The fraction of sp³-hybridized carbons (Fsp3) is 0.417. The van der Waals surface area contributed by atoms with Crippen LogP contribution in [0.1, 0.15) is 30.6 Å². The number of sulfone groups is 1. The van der Waals surface area contributed by atoms with E-state index in [0.717, 1.165) is 6.07 Å². The summed E-state index contributed by atoms with van der Waals surface area (Å²) < 4.78 is 36.4. The van der Waals surface area contributed by atoms with Gasteiger partial charge in [-0.2, -0.15) is 0 Å². The number of ketones is 1. The van der Waals surface area contributed by atoms with E-state index in [-0.39, 0.29) is 17.7 Å². The van der Waals surface area contributed by atoms with E-state index in [1.54, 1.807) is 6.92 Å². The van der Waals surface area contributed by atoms with E-state index in [0.29, 0.717) is 0 Å². The van der Waals surface area contributed by atoms with Crippen LogP contribution in [-0.4, -0.2) is 25.2 Å². The molecule has 1 aromatic rings. The summed E-state index contributed by atoms with van der Waals surface area (Å²) in [6.07, 6.45) is 0.200. The van der Waals surface area contributed by atoms with Gasteiger partial charge in [-0.05, 0) is 18.6 Å². The van der Waals surface area contributed by atoms with Crippen molar-refractivity contribution in [1.29, 1.82) is 0 Å². The van der Waals surface area contributed by atoms with Crippen LogP contribution < -0.4 is 0 Å². The van der Waals surface area contributed by atoms with Crippen LogP contribution in [0.25, 0.3) is 0 Å². The van der Waals surface area contributed by atoms with Crippen molar-refractivity contribution in [2.24, 2.45) is 0 Å². The van der Waals surface area contributed by atoms with Gasteiger partial charge in [0.25, 0.3) is 0 Å². The molecule has 0 saturated heterocycles. The standard InChI is InChI=1S/C12H15FO3S/c1-3-11(17(15,16)4-2)12(14)9-6-5-7-10(13)8-9/h5-8,11H,3-4H2,1-2H3/t11-/m1/s1. The molecule has 0 fully saturated rings. The van der Waals surface area contributed by atoms with Gasteiger partial charge in [0.1, 0.15) is 11.1 Å². The lowest BCUT2D eigenvalue weighted by Gasteiger charge is -2.13. The van der Waals surface area contributed by atoms with Crippen molar-refractivity contribution in [1.82, 2.24) is 0 Å². The monoisotopic (exact) mass is 258 g/mol. The summed E-state index contributed by atoms with van der Waals surface area (Å²) in [5, 5.41) is -1.07. The predicted molar refractivity (Wildman–Crippen MR) is 64.3 cm³/mol. The van der Waals surface area contributed by atoms with Crippen molar-refractivity contribution in [3.05, 3.63) is 35.6 Å². The second-order valence-corrected chi connectivity index (χ2v) is 6.20. The summed E-state index contributed by atoms with van der Waals surface area (Å²) in [5.74, 6) is -1.17. The Morgan fingerprint density at radius 2 is 2.00 bits per heavy atom. The number of hydrogen-bond acceptors (Lipinski definition) is 3. The maximum Gasteiger partial charge on any atom is 0.181 e. The van der Waals surface area contributed by atoms with E-state index in [1.807, 2.05) is 0 Å². The number of hydrogen-bond donors (Lipinski definition) is 0. The Kier molecular flexibility index (Phi) is 4.40. The minimum Gasteiger partial charge on any atom is -0.293 e. The average molecular weight is 258 g/mol. The van der Waals surface area contributed by atoms with Crippen molar-refractivity contribution in [3.63, 3.8) is 0 Å². The van der Waals surface area contributed by atoms with Gasteiger partial charge in [0.2, 0.25) is 0 Å². The van der Waals surface area contributed by atoms with Gasteiger partial charge in [0.15, 0.2) is 15.6 Å². The van der Waals surface area contributed by atoms with Crippen LogP contribution in [0.15, 0.2) is 24.3 Å². The number of carbonyl (C=O) groups is 1. The normalized spacial score (nSPS) is 13.4. The lowest BCUT2D eigenvalue weighted by Crippen LogP contribution is -2.31. The van der Waals surface area contributed by atoms with Gasteiger partial charge in [0.05, 0.1) is 0 Å². The maximum atomic E-state index is 13.0. The van der Waals surface area contributed by atoms with Crippen LogP contribution in [0.3, 0.4) is 0 Å². The number of rotatable bonds is 5. The molecule has 0 N–H and O–H groups in total. The largest absolute Gasteiger partial charge is 0.293 e. The average Bonchev–Trinajstić information content (AvgIpc) is 2.29. The highest BCUT2D eigenvalue weighted by Gasteiger charge is 2.30. The first-order valence-electron chi connectivity index (χ1n) is 5.43. The third-order valence-electron chi connectivity index (χ3n) is 2.61. The van der Waals surface area contributed by atoms with Gasteiger partial charge < -0.3 is 0 Å². The van der Waals surface area contributed by atoms with Gasteiger partial charge >= 0.3 is 0 Å². The summed E-state index contributed by atoms with van der Waals surface area (Å²) >= 11 is 0. The van der Waals surface area contributed by atoms with E-state index in [1.165, 1.54) is 25.1 Å². The first-order valence-corrected chi connectivity index (χ1v) is 7.15. The molecular formula is C12H15FO3S. The smallest absolute Gasteiger partial charge is 0.181 e. The lowest BCUT2D eigenvalue weighted by atomic mass is 10.1. The zero-order valence-electron chi connectivity index (χ0n) is 9.81. The molecule has 17 heavy (non-hydrogen) atoms. The molecule has 0 bridgehead atoms. The van der Waals surface area contributed by atoms with E-state index < -0.39 is 26.7 Å². The molecule has 0 aliphatic rings. The Morgan fingerprint density at radius 1 is 1.35 bits per heavy atom. The Balaban J connectivity index is 3.11. The molecular weight excluding hydrogens is 243 g/mol. The SMILES string of the molecule is CC[C@H](C(=O)c1cccc(F)c1)S(=O)(=O)CC. The molecule has 94 valence electrons. The second kappa shape index (κ2) is 5.40. The summed E-state index contributed by atoms with van der Waals surface area (Å²) in [6.45, 7) is 3.13. The molecule has 0 spiro atoms. The number of carbonyl (C=O) groups excluding carboxylic acids is 1. The van der Waals surface area contributed by atoms with Crippen molar-refractivity contribution < 1.29 is 17.6 Å². The zero-order valence-corrected chi connectivity index (χ0v) is 10.6. The topological polar surface area (TPSA) is 51.2 Å². The first kappa shape index (κ1) is 13.8. The van der Waals surface area contributed by atoms with Gasteiger partial charge in [-0.15, -0.1) is 0 Å². The van der Waals surface area contributed by atoms with E-state index in [9.17, 15) is 17.6 Å². The molecule has 0 unspecified atom stereocenters. The number of Topliss-reactive ketones (excluding diaryl/α,β-unsaturated/α-hetero) is 1. The fourth-order valence-corrected chi connectivity index (χ4v) is 3.00. The lowest BCUT2D eigenvalue weighted by molar-refractivity contribution is 0.0985. The molecule has 0 heterocycles. The van der Waals surface area contributed by atoms with Crippen molar-refractivity contribution in [2.45, 2.75) is 25.5 Å². The fourth-order valence-electron chi connectivity index (χ4n) is 1.63.